The number of nitrogens with two attached hydrogens (primary N) is 2. The second-order valence-corrected chi connectivity index (χ2v) is 10.1. The normalized spacial score (nSPS) is 18.8. The number of aliphatic carboxylic acids is 1. The lowest BCUT2D eigenvalue weighted by Gasteiger charge is -2.37. The lowest BCUT2D eigenvalue weighted by atomic mass is 9.82. The fraction of sp³-hybridized carbons (Fsp3) is 0.333. The fourth-order valence-corrected chi connectivity index (χ4v) is 6.12. The molecule has 0 aromatic heterocycles. The molecule has 7 nitrogen and oxygen atoms in total. The van der Waals surface area contributed by atoms with Crippen LogP contribution in [0.3, 0.4) is 0 Å². The highest BCUT2D eigenvalue weighted by atomic mass is 16.4. The average molecular weight is 499 g/mol. The number of rotatable bonds is 7. The van der Waals surface area contributed by atoms with Crippen LogP contribution >= 0.6 is 0 Å². The second-order valence-electron chi connectivity index (χ2n) is 10.1. The van der Waals surface area contributed by atoms with E-state index < -0.39 is 5.97 Å². The zero-order chi connectivity index (χ0) is 26.3. The van der Waals surface area contributed by atoms with Crippen LogP contribution in [0.15, 0.2) is 60.7 Å². The van der Waals surface area contributed by atoms with E-state index in [0.29, 0.717) is 17.8 Å². The molecule has 3 aromatic rings. The number of nitrogens with zero attached hydrogens (tertiary/aromatic N) is 2. The van der Waals surface area contributed by atoms with Crippen molar-refractivity contribution >= 4 is 23.3 Å². The molecule has 1 saturated heterocycles. The Morgan fingerprint density at radius 1 is 1.11 bits per heavy atom. The average Bonchev–Trinajstić information content (AvgIpc) is 3.23. The van der Waals surface area contributed by atoms with Crippen LogP contribution < -0.4 is 16.6 Å². The number of carbonyl (C=O) groups excluding carboxylic acids is 1. The molecule has 37 heavy (non-hydrogen) atoms. The summed E-state index contributed by atoms with van der Waals surface area (Å²) < 4.78 is 0. The van der Waals surface area contributed by atoms with Crippen molar-refractivity contribution in [1.82, 2.24) is 4.90 Å². The van der Waals surface area contributed by atoms with Gasteiger partial charge >= 0.3 is 5.97 Å². The molecule has 1 fully saturated rings. The molecule has 0 radical (unpaired) electrons. The van der Waals surface area contributed by atoms with Crippen LogP contribution in [0, 0.1) is 6.92 Å². The van der Waals surface area contributed by atoms with E-state index in [1.54, 1.807) is 5.01 Å². The summed E-state index contributed by atoms with van der Waals surface area (Å²) in [5, 5.41) is 11.4. The number of benzene rings is 3. The van der Waals surface area contributed by atoms with E-state index in [9.17, 15) is 14.7 Å². The molecule has 2 aliphatic heterocycles. The van der Waals surface area contributed by atoms with E-state index in [1.165, 1.54) is 5.56 Å². The highest BCUT2D eigenvalue weighted by molar-refractivity contribution is 5.95. The van der Waals surface area contributed by atoms with Crippen LogP contribution in [0.1, 0.15) is 76.3 Å². The predicted octanol–water partition coefficient (Wildman–Crippen LogP) is 4.79. The Morgan fingerprint density at radius 2 is 1.86 bits per heavy atom. The number of carboxylic acid groups (broad SMARTS) is 1. The Kier molecular flexibility index (Phi) is 6.65. The van der Waals surface area contributed by atoms with Gasteiger partial charge in [-0.3, -0.25) is 9.59 Å². The molecule has 192 valence electrons. The Hall–Kier alpha value is -3.84. The molecule has 2 heterocycles. The Balaban J connectivity index is 1.54. The highest BCUT2D eigenvalue weighted by Gasteiger charge is 2.43. The van der Waals surface area contributed by atoms with Gasteiger partial charge in [0.1, 0.15) is 0 Å². The van der Waals surface area contributed by atoms with Crippen molar-refractivity contribution in [3.63, 3.8) is 0 Å². The number of carbonyl (C=O) groups is 2. The smallest absolute Gasteiger partial charge is 0.304 e. The van der Waals surface area contributed by atoms with Gasteiger partial charge in [0.2, 0.25) is 0 Å². The third-order valence-electron chi connectivity index (χ3n) is 8.08. The molecule has 3 atom stereocenters. The summed E-state index contributed by atoms with van der Waals surface area (Å²) >= 11 is 0. The highest BCUT2D eigenvalue weighted by Crippen LogP contribution is 2.46. The molecular formula is C30H34N4O3. The number of hydrogen-bond donors (Lipinski definition) is 3. The topological polar surface area (TPSA) is 113 Å². The van der Waals surface area contributed by atoms with Gasteiger partial charge in [0, 0.05) is 24.1 Å². The van der Waals surface area contributed by atoms with Gasteiger partial charge in [0.05, 0.1) is 23.8 Å². The minimum atomic E-state index is -0.874. The standard InChI is InChI=1S/C30H34N4O3/c1-3-33(32)27-14-12-23(18(2)29(27)31)24(17-28(35)36)21-10-9-20-15-22-11-13-26(25(20)16-21)34(22)30(37)19-7-5-4-6-8-19/h4-10,12,14,16,22,24,26H,3,11,13,15,17,31-32H2,1-2H3,(H,35,36). The summed E-state index contributed by atoms with van der Waals surface area (Å²) in [6.07, 6.45) is 2.64. The molecule has 5 N–H and O–H groups in total. The minimum Gasteiger partial charge on any atom is -0.481 e. The van der Waals surface area contributed by atoms with Crippen molar-refractivity contribution in [2.75, 3.05) is 17.3 Å². The first-order chi connectivity index (χ1) is 17.8. The molecular weight excluding hydrogens is 464 g/mol. The maximum Gasteiger partial charge on any atom is 0.304 e. The predicted molar refractivity (Wildman–Crippen MR) is 145 cm³/mol. The van der Waals surface area contributed by atoms with Gasteiger partial charge in [-0.25, -0.2) is 5.84 Å². The van der Waals surface area contributed by atoms with E-state index in [4.69, 9.17) is 11.6 Å². The first-order valence-corrected chi connectivity index (χ1v) is 12.9. The zero-order valence-corrected chi connectivity index (χ0v) is 21.4. The Bertz CT molecular complexity index is 1340. The van der Waals surface area contributed by atoms with Crippen molar-refractivity contribution in [1.29, 1.82) is 0 Å². The van der Waals surface area contributed by atoms with Crippen LogP contribution in [-0.4, -0.2) is 34.5 Å². The summed E-state index contributed by atoms with van der Waals surface area (Å²) in [5.74, 6) is 4.92. The van der Waals surface area contributed by atoms with Crippen LogP contribution in [-0.2, 0) is 11.2 Å². The van der Waals surface area contributed by atoms with Gasteiger partial charge in [-0.05, 0) is 79.1 Å². The quantitative estimate of drug-likeness (QED) is 0.245. The molecule has 1 amide bonds. The first kappa shape index (κ1) is 24.8. The molecule has 0 saturated carbocycles. The lowest BCUT2D eigenvalue weighted by Crippen LogP contribution is -2.41. The second kappa shape index (κ2) is 9.90. The fourth-order valence-electron chi connectivity index (χ4n) is 6.12. The Labute approximate surface area is 217 Å². The summed E-state index contributed by atoms with van der Waals surface area (Å²) in [5.41, 5.74) is 13.5. The van der Waals surface area contributed by atoms with E-state index in [1.807, 2.05) is 67.3 Å². The number of hydrogen-bond acceptors (Lipinski definition) is 5. The monoisotopic (exact) mass is 498 g/mol. The first-order valence-electron chi connectivity index (χ1n) is 12.9. The molecule has 5 rings (SSSR count). The molecule has 7 heteroatoms. The number of fused-ring (bicyclic) bond motifs is 4. The van der Waals surface area contributed by atoms with Crippen molar-refractivity contribution in [3.8, 4) is 0 Å². The van der Waals surface area contributed by atoms with Gasteiger partial charge in [0.15, 0.2) is 0 Å². The number of carboxylic acids is 1. The van der Waals surface area contributed by atoms with E-state index in [-0.39, 0.29) is 30.3 Å². The molecule has 2 aliphatic rings. The van der Waals surface area contributed by atoms with Crippen LogP contribution in [0.2, 0.25) is 0 Å². The van der Waals surface area contributed by atoms with E-state index >= 15 is 0 Å². The van der Waals surface area contributed by atoms with Gasteiger partial charge in [-0.15, -0.1) is 0 Å². The lowest BCUT2D eigenvalue weighted by molar-refractivity contribution is -0.137. The van der Waals surface area contributed by atoms with Crippen molar-refractivity contribution < 1.29 is 14.7 Å². The van der Waals surface area contributed by atoms with Crippen LogP contribution in [0.4, 0.5) is 11.4 Å². The number of anilines is 2. The maximum absolute atomic E-state index is 13.5. The largest absolute Gasteiger partial charge is 0.481 e. The summed E-state index contributed by atoms with van der Waals surface area (Å²) in [4.78, 5) is 27.5. The van der Waals surface area contributed by atoms with Gasteiger partial charge < -0.3 is 20.7 Å². The third-order valence-corrected chi connectivity index (χ3v) is 8.08. The van der Waals surface area contributed by atoms with Gasteiger partial charge in [0.25, 0.3) is 5.91 Å². The van der Waals surface area contributed by atoms with Crippen LogP contribution in [0.5, 0.6) is 0 Å². The van der Waals surface area contributed by atoms with Crippen molar-refractivity contribution in [2.45, 2.75) is 57.5 Å². The zero-order valence-electron chi connectivity index (χ0n) is 21.4. The summed E-state index contributed by atoms with van der Waals surface area (Å²) in [6, 6.07) is 19.8. The minimum absolute atomic E-state index is 0.00391. The molecule has 0 aliphatic carbocycles. The molecule has 0 spiro atoms. The third kappa shape index (κ3) is 4.44. The van der Waals surface area contributed by atoms with Crippen molar-refractivity contribution in [2.24, 2.45) is 5.84 Å². The Morgan fingerprint density at radius 3 is 2.57 bits per heavy atom. The SMILES string of the molecule is CCN(N)c1ccc(C(CC(=O)O)c2ccc3c(c2)C2CCC(C3)N2C(=O)c2ccccc2)c(C)c1N. The number of nitrogen functional groups attached to an aromatic ring is 1. The van der Waals surface area contributed by atoms with Gasteiger partial charge in [-0.2, -0.15) is 0 Å². The maximum atomic E-state index is 13.5. The van der Waals surface area contributed by atoms with Crippen LogP contribution in [0.25, 0.3) is 0 Å². The molecule has 3 unspecified atom stereocenters. The number of hydrazine groups is 1. The number of amides is 1. The summed E-state index contributed by atoms with van der Waals surface area (Å²) in [6.45, 7) is 4.47. The van der Waals surface area contributed by atoms with E-state index in [2.05, 4.69) is 12.1 Å². The van der Waals surface area contributed by atoms with Gasteiger partial charge in [-0.1, -0.05) is 42.5 Å². The van der Waals surface area contributed by atoms with E-state index in [0.717, 1.165) is 47.2 Å². The molecule has 3 aromatic carbocycles. The summed E-state index contributed by atoms with van der Waals surface area (Å²) in [7, 11) is 0. The molecule has 2 bridgehead atoms. The van der Waals surface area contributed by atoms with Crippen molar-refractivity contribution in [3.05, 3.63) is 94.0 Å².